The molecule has 0 N–H and O–H groups in total. The second kappa shape index (κ2) is 8.48. The van der Waals surface area contributed by atoms with Crippen LogP contribution in [0.5, 0.6) is 5.75 Å². The first-order valence-electron chi connectivity index (χ1n) is 10.3. The van der Waals surface area contributed by atoms with Crippen molar-refractivity contribution in [1.82, 2.24) is 4.90 Å². The summed E-state index contributed by atoms with van der Waals surface area (Å²) in [5.74, 6) is 1.46. The van der Waals surface area contributed by atoms with Crippen LogP contribution in [0.3, 0.4) is 0 Å². The smallest absolute Gasteiger partial charge is 0.254 e. The van der Waals surface area contributed by atoms with Crippen LogP contribution in [0.15, 0.2) is 48.5 Å². The van der Waals surface area contributed by atoms with Gasteiger partial charge in [-0.15, -0.1) is 0 Å². The molecule has 2 aliphatic rings. The molecule has 1 saturated carbocycles. The van der Waals surface area contributed by atoms with E-state index in [1.54, 1.807) is 6.07 Å². The number of nitrogens with zero attached hydrogens (tertiary/aromatic N) is 2. The van der Waals surface area contributed by atoms with Crippen LogP contribution in [0.25, 0.3) is 0 Å². The summed E-state index contributed by atoms with van der Waals surface area (Å²) in [5, 5.41) is 9.22. The molecule has 1 aliphatic carbocycles. The summed E-state index contributed by atoms with van der Waals surface area (Å²) in [6.07, 6.45) is 7.29. The second-order valence-corrected chi connectivity index (χ2v) is 7.84. The van der Waals surface area contributed by atoms with Crippen LogP contribution >= 0.6 is 0 Å². The summed E-state index contributed by atoms with van der Waals surface area (Å²) >= 11 is 0. The van der Waals surface area contributed by atoms with Crippen LogP contribution < -0.4 is 4.74 Å². The summed E-state index contributed by atoms with van der Waals surface area (Å²) in [6, 6.07) is 17.5. The van der Waals surface area contributed by atoms with Crippen LogP contribution in [0.2, 0.25) is 0 Å². The normalized spacial score (nSPS) is 21.5. The fourth-order valence-corrected chi connectivity index (χ4v) is 4.68. The standard InChI is InChI=1S/C24H26N2O2/c25-16-20-8-1-2-9-21(20)17-28-22-12-5-10-19(15-22)24(27)26-14-6-11-18-7-3-4-13-23(18)26/h1-2,5,8-10,12,15,18,23H,3-4,6-7,11,13-14,17H2. The Labute approximate surface area is 166 Å². The first-order chi connectivity index (χ1) is 13.8. The molecule has 2 fully saturated rings. The zero-order valence-corrected chi connectivity index (χ0v) is 16.1. The molecule has 28 heavy (non-hydrogen) atoms. The summed E-state index contributed by atoms with van der Waals surface area (Å²) < 4.78 is 5.90. The molecule has 1 heterocycles. The van der Waals surface area contributed by atoms with E-state index in [-0.39, 0.29) is 5.91 Å². The monoisotopic (exact) mass is 374 g/mol. The third-order valence-electron chi connectivity index (χ3n) is 6.12. The Morgan fingerprint density at radius 2 is 1.89 bits per heavy atom. The molecule has 144 valence electrons. The van der Waals surface area contributed by atoms with Crippen molar-refractivity contribution >= 4 is 5.91 Å². The second-order valence-electron chi connectivity index (χ2n) is 7.84. The third-order valence-corrected chi connectivity index (χ3v) is 6.12. The van der Waals surface area contributed by atoms with Gasteiger partial charge < -0.3 is 9.64 Å². The summed E-state index contributed by atoms with van der Waals surface area (Å²) in [7, 11) is 0. The predicted molar refractivity (Wildman–Crippen MR) is 108 cm³/mol. The van der Waals surface area contributed by atoms with Crippen molar-refractivity contribution in [2.45, 2.75) is 51.2 Å². The van der Waals surface area contributed by atoms with Crippen LogP contribution in [0, 0.1) is 17.2 Å². The van der Waals surface area contributed by atoms with Crippen LogP contribution in [-0.4, -0.2) is 23.4 Å². The molecule has 1 saturated heterocycles. The van der Waals surface area contributed by atoms with Crippen molar-refractivity contribution in [2.24, 2.45) is 5.92 Å². The zero-order valence-electron chi connectivity index (χ0n) is 16.1. The number of hydrogen-bond acceptors (Lipinski definition) is 3. The highest BCUT2D eigenvalue weighted by Gasteiger charge is 2.35. The topological polar surface area (TPSA) is 53.3 Å². The van der Waals surface area contributed by atoms with E-state index in [0.717, 1.165) is 24.9 Å². The van der Waals surface area contributed by atoms with E-state index in [2.05, 4.69) is 11.0 Å². The van der Waals surface area contributed by atoms with Gasteiger partial charge in [-0.3, -0.25) is 4.79 Å². The highest BCUT2D eigenvalue weighted by molar-refractivity contribution is 5.95. The maximum atomic E-state index is 13.2. The van der Waals surface area contributed by atoms with E-state index >= 15 is 0 Å². The van der Waals surface area contributed by atoms with Gasteiger partial charge in [-0.05, 0) is 55.9 Å². The van der Waals surface area contributed by atoms with Crippen molar-refractivity contribution in [3.05, 3.63) is 65.2 Å². The maximum absolute atomic E-state index is 13.2. The molecule has 4 heteroatoms. The summed E-state index contributed by atoms with van der Waals surface area (Å²) in [5.41, 5.74) is 2.16. The van der Waals surface area contributed by atoms with Crippen LogP contribution in [-0.2, 0) is 6.61 Å². The number of hydrogen-bond donors (Lipinski definition) is 0. The Balaban J connectivity index is 1.47. The summed E-state index contributed by atoms with van der Waals surface area (Å²) in [6.45, 7) is 1.18. The van der Waals surface area contributed by atoms with Crippen LogP contribution in [0.1, 0.15) is 60.0 Å². The molecule has 2 aromatic rings. The van der Waals surface area contributed by atoms with Gasteiger partial charge in [0.1, 0.15) is 12.4 Å². The van der Waals surface area contributed by atoms with E-state index in [1.165, 1.54) is 25.7 Å². The number of likely N-dealkylation sites (tertiary alicyclic amines) is 1. The minimum Gasteiger partial charge on any atom is -0.489 e. The Morgan fingerprint density at radius 1 is 1.07 bits per heavy atom. The van der Waals surface area contributed by atoms with Crippen molar-refractivity contribution in [3.63, 3.8) is 0 Å². The number of benzene rings is 2. The maximum Gasteiger partial charge on any atom is 0.254 e. The predicted octanol–water partition coefficient (Wildman–Crippen LogP) is 4.93. The average molecular weight is 374 g/mol. The molecular formula is C24H26N2O2. The van der Waals surface area contributed by atoms with Gasteiger partial charge in [0, 0.05) is 23.7 Å². The van der Waals surface area contributed by atoms with Crippen molar-refractivity contribution in [3.8, 4) is 11.8 Å². The number of amides is 1. The molecular weight excluding hydrogens is 348 g/mol. The fourth-order valence-electron chi connectivity index (χ4n) is 4.68. The van der Waals surface area contributed by atoms with Crippen molar-refractivity contribution in [2.75, 3.05) is 6.54 Å². The van der Waals surface area contributed by atoms with E-state index in [0.29, 0.717) is 35.4 Å². The first kappa shape index (κ1) is 18.6. The Bertz CT molecular complexity index is 884. The lowest BCUT2D eigenvalue weighted by Crippen LogP contribution is -2.49. The molecule has 1 aliphatic heterocycles. The Hall–Kier alpha value is -2.80. The SMILES string of the molecule is N#Cc1ccccc1COc1cccc(C(=O)N2CCCC3CCCCC32)c1. The summed E-state index contributed by atoms with van der Waals surface area (Å²) in [4.78, 5) is 15.3. The largest absolute Gasteiger partial charge is 0.489 e. The molecule has 2 aromatic carbocycles. The lowest BCUT2D eigenvalue weighted by Gasteiger charge is -2.44. The number of fused-ring (bicyclic) bond motifs is 1. The van der Waals surface area contributed by atoms with Gasteiger partial charge in [-0.1, -0.05) is 37.1 Å². The van der Waals surface area contributed by atoms with Gasteiger partial charge in [0.05, 0.1) is 11.6 Å². The molecule has 1 amide bonds. The number of carbonyl (C=O) groups is 1. The Kier molecular flexibility index (Phi) is 5.62. The zero-order chi connectivity index (χ0) is 19.3. The first-order valence-corrected chi connectivity index (χ1v) is 10.3. The minimum absolute atomic E-state index is 0.125. The van der Waals surface area contributed by atoms with Crippen molar-refractivity contribution in [1.29, 1.82) is 5.26 Å². The van der Waals surface area contributed by atoms with Gasteiger partial charge in [0.15, 0.2) is 0 Å². The number of nitriles is 1. The van der Waals surface area contributed by atoms with E-state index in [9.17, 15) is 10.1 Å². The molecule has 4 nitrogen and oxygen atoms in total. The quantitative estimate of drug-likeness (QED) is 0.762. The molecule has 0 aromatic heterocycles. The molecule has 2 unspecified atom stereocenters. The Morgan fingerprint density at radius 3 is 2.79 bits per heavy atom. The molecule has 0 spiro atoms. The van der Waals surface area contributed by atoms with E-state index < -0.39 is 0 Å². The van der Waals surface area contributed by atoms with E-state index in [4.69, 9.17) is 4.74 Å². The highest BCUT2D eigenvalue weighted by Crippen LogP contribution is 2.36. The lowest BCUT2D eigenvalue weighted by molar-refractivity contribution is 0.0390. The molecule has 2 atom stereocenters. The van der Waals surface area contributed by atoms with Gasteiger partial charge in [-0.25, -0.2) is 0 Å². The van der Waals surface area contributed by atoms with Gasteiger partial charge in [-0.2, -0.15) is 5.26 Å². The van der Waals surface area contributed by atoms with Gasteiger partial charge >= 0.3 is 0 Å². The van der Waals surface area contributed by atoms with Gasteiger partial charge in [0.25, 0.3) is 5.91 Å². The highest BCUT2D eigenvalue weighted by atomic mass is 16.5. The number of piperidine rings is 1. The number of ether oxygens (including phenoxy) is 1. The fraction of sp³-hybridized carbons (Fsp3) is 0.417. The van der Waals surface area contributed by atoms with Crippen molar-refractivity contribution < 1.29 is 9.53 Å². The van der Waals surface area contributed by atoms with Gasteiger partial charge in [0.2, 0.25) is 0 Å². The van der Waals surface area contributed by atoms with E-state index in [1.807, 2.05) is 42.5 Å². The molecule has 4 rings (SSSR count). The number of carbonyl (C=O) groups excluding carboxylic acids is 1. The van der Waals surface area contributed by atoms with Crippen LogP contribution in [0.4, 0.5) is 0 Å². The number of rotatable bonds is 4. The minimum atomic E-state index is 0.125. The average Bonchev–Trinajstić information content (AvgIpc) is 2.77. The molecule has 0 radical (unpaired) electrons. The third kappa shape index (κ3) is 3.89. The molecule has 0 bridgehead atoms. The lowest BCUT2D eigenvalue weighted by atomic mass is 9.78.